The molecule has 0 unspecified atom stereocenters. The minimum atomic E-state index is -4.16. The summed E-state index contributed by atoms with van der Waals surface area (Å²) < 4.78 is 43.9. The highest BCUT2D eigenvalue weighted by Gasteiger charge is 2.28. The number of fused-ring (bicyclic) bond motifs is 1. The van der Waals surface area contributed by atoms with Crippen LogP contribution in [0, 0.1) is 6.92 Å². The molecular weight excluding hydrogens is 510 g/mol. The number of amides is 3. The van der Waals surface area contributed by atoms with Gasteiger partial charge >= 0.3 is 6.03 Å². The minimum Gasteiger partial charge on any atom is -0.494 e. The largest absolute Gasteiger partial charge is 0.494 e. The fourth-order valence-electron chi connectivity index (χ4n) is 4.00. The Bertz CT molecular complexity index is 1420. The summed E-state index contributed by atoms with van der Waals surface area (Å²) in [6.07, 6.45) is 0.109. The second kappa shape index (κ2) is 11.4. The van der Waals surface area contributed by atoms with Crippen LogP contribution in [0.25, 0.3) is 0 Å². The van der Waals surface area contributed by atoms with Crippen molar-refractivity contribution in [3.8, 4) is 17.2 Å². The van der Waals surface area contributed by atoms with Crippen LogP contribution < -0.4 is 29.1 Å². The van der Waals surface area contributed by atoms with Gasteiger partial charge in [0.05, 0.1) is 11.5 Å². The van der Waals surface area contributed by atoms with E-state index in [9.17, 15) is 18.0 Å². The molecule has 0 spiro atoms. The Kier molecular flexibility index (Phi) is 8.06. The second-order valence-corrected chi connectivity index (χ2v) is 10.3. The van der Waals surface area contributed by atoms with Gasteiger partial charge in [-0.15, -0.1) is 0 Å². The van der Waals surface area contributed by atoms with Crippen molar-refractivity contribution in [3.63, 3.8) is 0 Å². The van der Waals surface area contributed by atoms with Crippen LogP contribution in [-0.4, -0.2) is 46.8 Å². The molecule has 0 fully saturated rings. The van der Waals surface area contributed by atoms with Crippen LogP contribution in [0.15, 0.2) is 71.6 Å². The third kappa shape index (κ3) is 6.17. The Balaban J connectivity index is 1.56. The van der Waals surface area contributed by atoms with Crippen molar-refractivity contribution in [1.82, 2.24) is 10.0 Å². The van der Waals surface area contributed by atoms with E-state index < -0.39 is 28.0 Å². The van der Waals surface area contributed by atoms with Crippen molar-refractivity contribution in [1.29, 1.82) is 0 Å². The topological polar surface area (TPSA) is 123 Å². The van der Waals surface area contributed by atoms with Gasteiger partial charge in [-0.3, -0.25) is 4.79 Å². The van der Waals surface area contributed by atoms with Crippen molar-refractivity contribution in [2.45, 2.75) is 31.2 Å². The summed E-state index contributed by atoms with van der Waals surface area (Å²) in [5.41, 5.74) is 1.75. The van der Waals surface area contributed by atoms with Crippen LogP contribution in [0.2, 0.25) is 0 Å². The number of benzene rings is 3. The molecular formula is C27H29N3O7S. The molecule has 0 bridgehead atoms. The van der Waals surface area contributed by atoms with E-state index in [0.717, 1.165) is 5.56 Å². The van der Waals surface area contributed by atoms with Crippen LogP contribution in [0.4, 0.5) is 10.5 Å². The van der Waals surface area contributed by atoms with Gasteiger partial charge < -0.3 is 24.4 Å². The molecule has 3 aromatic rings. The first-order valence-corrected chi connectivity index (χ1v) is 13.4. The fraction of sp³-hybridized carbons (Fsp3) is 0.259. The lowest BCUT2D eigenvalue weighted by Gasteiger charge is -2.25. The predicted octanol–water partition coefficient (Wildman–Crippen LogP) is 3.38. The van der Waals surface area contributed by atoms with Gasteiger partial charge in [0.15, 0.2) is 11.5 Å². The van der Waals surface area contributed by atoms with Gasteiger partial charge in [-0.2, -0.15) is 0 Å². The Morgan fingerprint density at radius 3 is 2.45 bits per heavy atom. The normalized spacial score (nSPS) is 12.9. The number of nitrogens with one attached hydrogen (secondary N) is 2. The van der Waals surface area contributed by atoms with E-state index in [1.165, 1.54) is 11.0 Å². The zero-order valence-corrected chi connectivity index (χ0v) is 22.1. The predicted molar refractivity (Wildman–Crippen MR) is 141 cm³/mol. The molecule has 4 rings (SSSR count). The standard InChI is InChI=1S/C27H29N3O7S/c1-4-35-21-12-9-19(10-13-21)15-22(26(31)30(3)20-11-14-23-24(16-20)37-17-36-23)28-27(32)29-38(33,34)25-8-6-5-7-18(25)2/h5-14,16,22H,4,15,17H2,1-3H3,(H2,28,29,32)/t22-/m0/s1. The molecule has 1 heterocycles. The molecule has 1 atom stereocenters. The van der Waals surface area contributed by atoms with Crippen molar-refractivity contribution >= 4 is 27.6 Å². The minimum absolute atomic E-state index is 0.0259. The zero-order chi connectivity index (χ0) is 27.3. The quantitative estimate of drug-likeness (QED) is 0.427. The number of hydrogen-bond donors (Lipinski definition) is 2. The summed E-state index contributed by atoms with van der Waals surface area (Å²) in [7, 11) is -2.60. The Labute approximate surface area is 221 Å². The van der Waals surface area contributed by atoms with Gasteiger partial charge in [-0.25, -0.2) is 17.9 Å². The van der Waals surface area contributed by atoms with Gasteiger partial charge in [-0.1, -0.05) is 30.3 Å². The second-order valence-electron chi connectivity index (χ2n) is 8.61. The summed E-state index contributed by atoms with van der Waals surface area (Å²) in [4.78, 5) is 27.8. The summed E-state index contributed by atoms with van der Waals surface area (Å²) in [5, 5.41) is 2.55. The molecule has 0 aliphatic carbocycles. The number of hydrogen-bond acceptors (Lipinski definition) is 7. The van der Waals surface area contributed by atoms with Crippen LogP contribution >= 0.6 is 0 Å². The number of anilines is 1. The highest BCUT2D eigenvalue weighted by atomic mass is 32.2. The Morgan fingerprint density at radius 2 is 1.74 bits per heavy atom. The molecule has 3 amide bonds. The number of carbonyl (C=O) groups is 2. The number of urea groups is 1. The Hall–Kier alpha value is -4.25. The fourth-order valence-corrected chi connectivity index (χ4v) is 5.16. The number of nitrogens with zero attached hydrogens (tertiary/aromatic N) is 1. The van der Waals surface area contributed by atoms with Crippen molar-refractivity contribution in [2.24, 2.45) is 0 Å². The number of rotatable bonds is 9. The molecule has 3 aromatic carbocycles. The highest BCUT2D eigenvalue weighted by molar-refractivity contribution is 7.90. The van der Waals surface area contributed by atoms with E-state index in [-0.39, 0.29) is 18.1 Å². The van der Waals surface area contributed by atoms with Crippen LogP contribution in [0.3, 0.4) is 0 Å². The molecule has 38 heavy (non-hydrogen) atoms. The molecule has 2 N–H and O–H groups in total. The summed E-state index contributed by atoms with van der Waals surface area (Å²) in [5.74, 6) is 1.28. The lowest BCUT2D eigenvalue weighted by atomic mass is 10.0. The SMILES string of the molecule is CCOc1ccc(C[C@H](NC(=O)NS(=O)(=O)c2ccccc2C)C(=O)N(C)c2ccc3c(c2)OCO3)cc1. The van der Waals surface area contributed by atoms with Gasteiger partial charge in [0, 0.05) is 25.2 Å². The number of ether oxygens (including phenoxy) is 3. The average molecular weight is 540 g/mol. The molecule has 1 aliphatic heterocycles. The number of carbonyl (C=O) groups excluding carboxylic acids is 2. The van der Waals surface area contributed by atoms with Crippen molar-refractivity contribution < 1.29 is 32.2 Å². The lowest BCUT2D eigenvalue weighted by molar-refractivity contribution is -0.120. The average Bonchev–Trinajstić information content (AvgIpc) is 3.36. The van der Waals surface area contributed by atoms with Gasteiger partial charge in [-0.05, 0) is 55.3 Å². The van der Waals surface area contributed by atoms with E-state index in [1.807, 2.05) is 11.6 Å². The van der Waals surface area contributed by atoms with E-state index in [0.29, 0.717) is 35.1 Å². The Morgan fingerprint density at radius 1 is 1.03 bits per heavy atom. The third-order valence-corrected chi connectivity index (χ3v) is 7.45. The first kappa shape index (κ1) is 26.8. The smallest absolute Gasteiger partial charge is 0.329 e. The van der Waals surface area contributed by atoms with Crippen LogP contribution in [-0.2, 0) is 21.2 Å². The molecule has 10 nitrogen and oxygen atoms in total. The summed E-state index contributed by atoms with van der Waals surface area (Å²) in [6, 6.07) is 16.4. The number of sulfonamides is 1. The summed E-state index contributed by atoms with van der Waals surface area (Å²) >= 11 is 0. The van der Waals surface area contributed by atoms with Gasteiger partial charge in [0.1, 0.15) is 11.8 Å². The maximum absolute atomic E-state index is 13.6. The van der Waals surface area contributed by atoms with Crippen molar-refractivity contribution in [2.75, 3.05) is 25.3 Å². The van der Waals surface area contributed by atoms with E-state index in [4.69, 9.17) is 14.2 Å². The third-order valence-electron chi connectivity index (χ3n) is 5.96. The highest BCUT2D eigenvalue weighted by Crippen LogP contribution is 2.35. The molecule has 0 saturated carbocycles. The number of aryl methyl sites for hydroxylation is 1. The first-order chi connectivity index (χ1) is 18.2. The van der Waals surface area contributed by atoms with Gasteiger partial charge in [0.2, 0.25) is 12.7 Å². The summed E-state index contributed by atoms with van der Waals surface area (Å²) in [6.45, 7) is 4.11. The maximum atomic E-state index is 13.6. The number of likely N-dealkylation sites (N-methyl/N-ethyl adjacent to an activating group) is 1. The van der Waals surface area contributed by atoms with Crippen LogP contribution in [0.5, 0.6) is 17.2 Å². The zero-order valence-electron chi connectivity index (χ0n) is 21.3. The monoisotopic (exact) mass is 539 g/mol. The van der Waals surface area contributed by atoms with Crippen LogP contribution in [0.1, 0.15) is 18.1 Å². The van der Waals surface area contributed by atoms with E-state index in [2.05, 4.69) is 5.32 Å². The molecule has 200 valence electrons. The first-order valence-electron chi connectivity index (χ1n) is 12.0. The molecule has 0 radical (unpaired) electrons. The van der Waals surface area contributed by atoms with Crippen molar-refractivity contribution in [3.05, 3.63) is 77.9 Å². The molecule has 0 aromatic heterocycles. The molecule has 1 aliphatic rings. The molecule has 0 saturated heterocycles. The maximum Gasteiger partial charge on any atom is 0.329 e. The van der Waals surface area contributed by atoms with E-state index in [1.54, 1.807) is 74.6 Å². The van der Waals surface area contributed by atoms with Gasteiger partial charge in [0.25, 0.3) is 10.0 Å². The van der Waals surface area contributed by atoms with E-state index >= 15 is 0 Å². The molecule has 11 heteroatoms. The lowest BCUT2D eigenvalue weighted by Crippen LogP contribution is -2.52.